The molecule has 6 heterocycles. The molecule has 9 rings (SSSR count). The van der Waals surface area contributed by atoms with Crippen molar-refractivity contribution in [3.8, 4) is 33.6 Å². The lowest BCUT2D eigenvalue weighted by molar-refractivity contribution is -0.137. The molecule has 0 saturated carbocycles. The van der Waals surface area contributed by atoms with Crippen molar-refractivity contribution >= 4 is 51.3 Å². The fraction of sp³-hybridized carbons (Fsp3) is 0.190. The van der Waals surface area contributed by atoms with Crippen LogP contribution in [0.25, 0.3) is 44.5 Å². The lowest BCUT2D eigenvalue weighted by Gasteiger charge is -2.25. The van der Waals surface area contributed by atoms with E-state index in [1.807, 2.05) is 90.0 Å². The first-order valence-electron chi connectivity index (χ1n) is 18.4. The van der Waals surface area contributed by atoms with Gasteiger partial charge in [0.15, 0.2) is 17.1 Å². The van der Waals surface area contributed by atoms with Crippen LogP contribution in [0.15, 0.2) is 123 Å². The number of thiophene rings is 1. The Bertz CT molecular complexity index is 2590. The minimum Gasteiger partial charge on any atom is -0.355 e. The predicted octanol–water partition coefficient (Wildman–Crippen LogP) is 10.0. The van der Waals surface area contributed by atoms with E-state index < -0.39 is 11.7 Å². The quantitative estimate of drug-likeness (QED) is 0.164. The number of amides is 2. The molecular weight excluding hydrogens is 802 g/mol. The largest absolute Gasteiger partial charge is 0.416 e. The van der Waals surface area contributed by atoms with Crippen molar-refractivity contribution in [3.05, 3.63) is 136 Å². The van der Waals surface area contributed by atoms with E-state index in [-0.39, 0.29) is 23.5 Å². The number of alkyl halides is 3. The summed E-state index contributed by atoms with van der Waals surface area (Å²) in [7, 11) is 0. The Balaban J connectivity index is 0.000000135. The lowest BCUT2D eigenvalue weighted by Crippen LogP contribution is -2.35. The van der Waals surface area contributed by atoms with E-state index in [1.54, 1.807) is 22.8 Å². The van der Waals surface area contributed by atoms with Gasteiger partial charge in [-0.15, -0.1) is 16.4 Å². The first-order valence-corrected chi connectivity index (χ1v) is 20.1. The molecule has 3 aromatic carbocycles. The van der Waals surface area contributed by atoms with Crippen LogP contribution < -0.4 is 5.32 Å². The average Bonchev–Trinajstić information content (AvgIpc) is 4.10. The minimum absolute atomic E-state index is 0.0127. The number of piperidine rings is 1. The van der Waals surface area contributed by atoms with E-state index in [0.717, 1.165) is 82.3 Å². The van der Waals surface area contributed by atoms with E-state index in [2.05, 4.69) is 35.2 Å². The molecule has 300 valence electrons. The summed E-state index contributed by atoms with van der Waals surface area (Å²) in [6, 6.07) is 29.6. The van der Waals surface area contributed by atoms with Gasteiger partial charge >= 0.3 is 6.18 Å². The maximum absolute atomic E-state index is 12.4. The van der Waals surface area contributed by atoms with E-state index in [9.17, 15) is 22.8 Å². The fourth-order valence-corrected chi connectivity index (χ4v) is 7.08. The molecule has 1 N–H and O–H groups in total. The number of aryl methyl sites for hydroxylation is 1. The van der Waals surface area contributed by atoms with Gasteiger partial charge in [0.1, 0.15) is 0 Å². The number of halogens is 3. The van der Waals surface area contributed by atoms with Crippen molar-refractivity contribution < 1.29 is 31.8 Å². The SMILES string of the molecule is Cc1ccc2cc(NC(=O)Cc3ccccc3)ccc2n1.FC(F)(F)c1ccc(-c2noc(-c3csnn3)n2)cc1.O=C(c1cc(-c2cccs2)on1)N1CCCCC1. The van der Waals surface area contributed by atoms with Crippen molar-refractivity contribution in [2.45, 2.75) is 38.8 Å². The molecule has 0 atom stereocenters. The van der Waals surface area contributed by atoms with Gasteiger partial charge in [-0.2, -0.15) is 18.2 Å². The Hall–Kier alpha value is -6.59. The molecule has 1 fully saturated rings. The van der Waals surface area contributed by atoms with Gasteiger partial charge in [0.05, 0.1) is 22.4 Å². The molecule has 2 amide bonds. The summed E-state index contributed by atoms with van der Waals surface area (Å²) in [5.74, 6) is 1.02. The monoisotopic (exact) mass is 836 g/mol. The van der Waals surface area contributed by atoms with Crippen molar-refractivity contribution in [1.82, 2.24) is 34.8 Å². The van der Waals surface area contributed by atoms with Crippen molar-refractivity contribution in [2.24, 2.45) is 0 Å². The van der Waals surface area contributed by atoms with Gasteiger partial charge in [0.2, 0.25) is 11.7 Å². The lowest BCUT2D eigenvalue weighted by atomic mass is 10.1. The van der Waals surface area contributed by atoms with Crippen LogP contribution in [0.2, 0.25) is 0 Å². The summed E-state index contributed by atoms with van der Waals surface area (Å²) in [5.41, 5.74) is 4.28. The number of carbonyl (C=O) groups excluding carboxylic acids is 2. The molecule has 17 heteroatoms. The molecule has 5 aromatic heterocycles. The Morgan fingerprint density at radius 3 is 2.36 bits per heavy atom. The van der Waals surface area contributed by atoms with Gasteiger partial charge in [0.25, 0.3) is 11.8 Å². The third-order valence-electron chi connectivity index (χ3n) is 8.93. The number of hydrogen-bond donors (Lipinski definition) is 1. The zero-order valence-corrected chi connectivity index (χ0v) is 33.1. The standard InChI is InChI=1S/C18H16N2O.C13H14N2O2S.C11H5F3N4OS/c1-13-7-8-15-12-16(9-10-17(15)19-13)20-18(21)11-14-5-3-2-4-6-14;16-13(15-6-2-1-3-7-15)10-9-11(17-14-10)12-5-4-8-18-12;12-11(13,14)7-3-1-6(2-4-7)9-15-10(19-17-9)8-5-20-18-16-8/h2-10,12H,11H2,1H3,(H,20,21);4-5,8-9H,1-3,6-7H2;1-5H. The third-order valence-corrected chi connectivity index (χ3v) is 10.3. The molecule has 1 aliphatic rings. The second kappa shape index (κ2) is 18.8. The molecule has 0 spiro atoms. The number of aromatic nitrogens is 6. The van der Waals surface area contributed by atoms with Crippen LogP contribution in [-0.4, -0.2) is 59.7 Å². The van der Waals surface area contributed by atoms with Gasteiger partial charge in [-0.3, -0.25) is 14.6 Å². The summed E-state index contributed by atoms with van der Waals surface area (Å²) in [6.07, 6.45) is -0.607. The van der Waals surface area contributed by atoms with E-state index in [0.29, 0.717) is 29.1 Å². The molecule has 1 saturated heterocycles. The van der Waals surface area contributed by atoms with Gasteiger partial charge in [0, 0.05) is 46.9 Å². The molecule has 0 radical (unpaired) electrons. The van der Waals surface area contributed by atoms with Gasteiger partial charge in [-0.25, -0.2) is 0 Å². The number of nitrogens with zero attached hydrogens (tertiary/aromatic N) is 7. The number of rotatable bonds is 7. The second-order valence-electron chi connectivity index (χ2n) is 13.3. The topological polar surface area (TPSA) is 153 Å². The van der Waals surface area contributed by atoms with Crippen LogP contribution in [0.3, 0.4) is 0 Å². The predicted molar refractivity (Wildman–Crippen MR) is 218 cm³/mol. The second-order valence-corrected chi connectivity index (χ2v) is 14.8. The number of carbonyl (C=O) groups is 2. The third kappa shape index (κ3) is 10.9. The van der Waals surface area contributed by atoms with E-state index in [1.165, 1.54) is 18.6 Å². The van der Waals surface area contributed by atoms with Gasteiger partial charge in [-0.1, -0.05) is 69.4 Å². The van der Waals surface area contributed by atoms with E-state index in [4.69, 9.17) is 9.05 Å². The summed E-state index contributed by atoms with van der Waals surface area (Å²) in [4.78, 5) is 35.6. The molecule has 0 bridgehead atoms. The maximum atomic E-state index is 12.4. The Morgan fingerprint density at radius 2 is 1.64 bits per heavy atom. The van der Waals surface area contributed by atoms with Crippen LogP contribution in [0.1, 0.15) is 46.6 Å². The smallest absolute Gasteiger partial charge is 0.355 e. The Morgan fingerprint density at radius 1 is 0.847 bits per heavy atom. The molecular formula is C42H35F3N8O4S2. The highest BCUT2D eigenvalue weighted by Gasteiger charge is 2.30. The maximum Gasteiger partial charge on any atom is 0.416 e. The molecule has 1 aliphatic heterocycles. The normalized spacial score (nSPS) is 12.6. The first kappa shape index (κ1) is 40.6. The molecule has 8 aromatic rings. The highest BCUT2D eigenvalue weighted by atomic mass is 32.1. The Labute approximate surface area is 343 Å². The highest BCUT2D eigenvalue weighted by molar-refractivity contribution is 7.13. The molecule has 0 aliphatic carbocycles. The summed E-state index contributed by atoms with van der Waals surface area (Å²) in [5, 5.41) is 18.9. The number of likely N-dealkylation sites (tertiary alicyclic amines) is 1. The number of pyridine rings is 1. The number of hydrogen-bond acceptors (Lipinski definition) is 12. The molecule has 59 heavy (non-hydrogen) atoms. The van der Waals surface area contributed by atoms with Gasteiger partial charge < -0.3 is 19.3 Å². The average molecular weight is 837 g/mol. The van der Waals surface area contributed by atoms with Crippen molar-refractivity contribution in [1.29, 1.82) is 0 Å². The number of nitrogens with one attached hydrogen (secondary N) is 1. The number of benzene rings is 3. The number of anilines is 1. The van der Waals surface area contributed by atoms with Crippen LogP contribution in [0, 0.1) is 6.92 Å². The zero-order chi connectivity index (χ0) is 41.2. The van der Waals surface area contributed by atoms with Crippen LogP contribution in [0.4, 0.5) is 18.9 Å². The summed E-state index contributed by atoms with van der Waals surface area (Å²) < 4.78 is 51.2. The minimum atomic E-state index is -4.37. The first-order chi connectivity index (χ1) is 28.6. The zero-order valence-electron chi connectivity index (χ0n) is 31.4. The molecule has 12 nitrogen and oxygen atoms in total. The van der Waals surface area contributed by atoms with Crippen LogP contribution in [-0.2, 0) is 17.4 Å². The van der Waals surface area contributed by atoms with E-state index >= 15 is 0 Å². The van der Waals surface area contributed by atoms with Crippen LogP contribution in [0.5, 0.6) is 0 Å². The molecule has 0 unspecified atom stereocenters. The summed E-state index contributed by atoms with van der Waals surface area (Å²) in [6.45, 7) is 3.63. The van der Waals surface area contributed by atoms with Crippen molar-refractivity contribution in [2.75, 3.05) is 18.4 Å². The highest BCUT2D eigenvalue weighted by Crippen LogP contribution is 2.31. The number of fused-ring (bicyclic) bond motifs is 1. The van der Waals surface area contributed by atoms with Gasteiger partial charge in [-0.05, 0) is 91.1 Å². The van der Waals surface area contributed by atoms with Crippen LogP contribution >= 0.6 is 22.9 Å². The summed E-state index contributed by atoms with van der Waals surface area (Å²) >= 11 is 2.71. The Kier molecular flexibility index (Phi) is 12.9. The fourth-order valence-electron chi connectivity index (χ4n) is 5.97. The van der Waals surface area contributed by atoms with Crippen molar-refractivity contribution in [3.63, 3.8) is 0 Å².